The van der Waals surface area contributed by atoms with E-state index in [4.69, 9.17) is 11.6 Å². The lowest BCUT2D eigenvalue weighted by molar-refractivity contribution is -0.135. The van der Waals surface area contributed by atoms with Gasteiger partial charge in [0.2, 0.25) is 5.91 Å². The molecular formula is C14H18ClFN2O3S2. The molecule has 0 saturated carbocycles. The molecule has 2 atom stereocenters. The largest absolute Gasteiger partial charge is 0.341 e. The van der Waals surface area contributed by atoms with Crippen LogP contribution in [0.4, 0.5) is 4.39 Å². The van der Waals surface area contributed by atoms with E-state index in [1.807, 2.05) is 0 Å². The zero-order valence-electron chi connectivity index (χ0n) is 12.5. The first kappa shape index (κ1) is 17.1. The van der Waals surface area contributed by atoms with E-state index in [0.29, 0.717) is 17.4 Å². The van der Waals surface area contributed by atoms with Crippen molar-refractivity contribution >= 4 is 38.9 Å². The Morgan fingerprint density at radius 1 is 1.26 bits per heavy atom. The number of carbonyl (C=O) groups is 1. The van der Waals surface area contributed by atoms with Crippen LogP contribution in [0.15, 0.2) is 16.3 Å². The fourth-order valence-electron chi connectivity index (χ4n) is 3.12. The highest BCUT2D eigenvalue weighted by molar-refractivity contribution is 7.91. The molecule has 0 bridgehead atoms. The Morgan fingerprint density at radius 3 is 2.57 bits per heavy atom. The molecule has 0 unspecified atom stereocenters. The first-order chi connectivity index (χ1) is 10.9. The van der Waals surface area contributed by atoms with Crippen LogP contribution in [0.2, 0.25) is 4.34 Å². The van der Waals surface area contributed by atoms with Gasteiger partial charge in [0.05, 0.1) is 4.34 Å². The third-order valence-corrected chi connectivity index (χ3v) is 7.84. The van der Waals surface area contributed by atoms with E-state index < -0.39 is 22.2 Å². The lowest BCUT2D eigenvalue weighted by atomic mass is 10.1. The van der Waals surface area contributed by atoms with E-state index in [2.05, 4.69) is 0 Å². The first-order valence-corrected chi connectivity index (χ1v) is 10.2. The van der Waals surface area contributed by atoms with E-state index in [-0.39, 0.29) is 23.1 Å². The van der Waals surface area contributed by atoms with Gasteiger partial charge in [0, 0.05) is 26.1 Å². The van der Waals surface area contributed by atoms with E-state index >= 15 is 0 Å². The van der Waals surface area contributed by atoms with Crippen molar-refractivity contribution in [2.75, 3.05) is 19.6 Å². The molecule has 1 amide bonds. The molecule has 0 N–H and O–H groups in total. The summed E-state index contributed by atoms with van der Waals surface area (Å²) in [6.45, 7) is 0.956. The smallest absolute Gasteiger partial charge is 0.253 e. The third kappa shape index (κ3) is 3.40. The molecule has 2 fully saturated rings. The Labute approximate surface area is 144 Å². The molecule has 3 rings (SSSR count). The number of carbonyl (C=O) groups excluding carboxylic acids is 1. The number of piperidine rings is 1. The van der Waals surface area contributed by atoms with Crippen molar-refractivity contribution in [1.82, 2.24) is 9.21 Å². The summed E-state index contributed by atoms with van der Waals surface area (Å²) in [5.41, 5.74) is 0. The lowest BCUT2D eigenvalue weighted by Crippen LogP contribution is -2.49. The van der Waals surface area contributed by atoms with Gasteiger partial charge in [-0.1, -0.05) is 11.6 Å². The maximum absolute atomic E-state index is 13.9. The van der Waals surface area contributed by atoms with E-state index in [0.717, 1.165) is 34.9 Å². The summed E-state index contributed by atoms with van der Waals surface area (Å²) >= 11 is 6.73. The van der Waals surface area contributed by atoms with Crippen LogP contribution < -0.4 is 0 Å². The van der Waals surface area contributed by atoms with Crippen LogP contribution in [0, 0.1) is 0 Å². The van der Waals surface area contributed by atoms with Crippen molar-refractivity contribution in [2.24, 2.45) is 0 Å². The molecule has 5 nitrogen and oxygen atoms in total. The van der Waals surface area contributed by atoms with Gasteiger partial charge in [0.1, 0.15) is 16.4 Å². The molecule has 23 heavy (non-hydrogen) atoms. The average molecular weight is 381 g/mol. The van der Waals surface area contributed by atoms with Crippen LogP contribution in [-0.4, -0.2) is 55.4 Å². The van der Waals surface area contributed by atoms with E-state index in [9.17, 15) is 17.6 Å². The molecule has 128 valence electrons. The SMILES string of the molecule is O=C([C@@H]1C[C@H](F)CN1S(=O)(=O)c1ccc(Cl)s1)N1CCCCC1. The minimum Gasteiger partial charge on any atom is -0.341 e. The maximum atomic E-state index is 13.9. The quantitative estimate of drug-likeness (QED) is 0.809. The van der Waals surface area contributed by atoms with Gasteiger partial charge in [0.25, 0.3) is 10.0 Å². The molecule has 0 radical (unpaired) electrons. The van der Waals surface area contributed by atoms with Crippen LogP contribution in [0.25, 0.3) is 0 Å². The fourth-order valence-corrected chi connectivity index (χ4v) is 6.36. The minimum atomic E-state index is -3.90. The lowest BCUT2D eigenvalue weighted by Gasteiger charge is -2.31. The summed E-state index contributed by atoms with van der Waals surface area (Å²) in [7, 11) is -3.90. The average Bonchev–Trinajstić information content (AvgIpc) is 3.14. The summed E-state index contributed by atoms with van der Waals surface area (Å²) in [6, 6.07) is 1.94. The van der Waals surface area contributed by atoms with Crippen molar-refractivity contribution in [3.8, 4) is 0 Å². The zero-order chi connectivity index (χ0) is 16.6. The van der Waals surface area contributed by atoms with Crippen molar-refractivity contribution in [1.29, 1.82) is 0 Å². The normalized spacial score (nSPS) is 26.6. The van der Waals surface area contributed by atoms with Crippen LogP contribution in [-0.2, 0) is 14.8 Å². The number of likely N-dealkylation sites (tertiary alicyclic amines) is 1. The van der Waals surface area contributed by atoms with Gasteiger partial charge >= 0.3 is 0 Å². The fraction of sp³-hybridized carbons (Fsp3) is 0.643. The standard InChI is InChI=1S/C14H18ClFN2O3S2/c15-12-4-5-13(22-12)23(20,21)18-9-10(16)8-11(18)14(19)17-6-2-1-3-7-17/h4-5,10-11H,1-3,6-9H2/t10-,11-/m0/s1. The Bertz CT molecular complexity index is 688. The summed E-state index contributed by atoms with van der Waals surface area (Å²) in [6.07, 6.45) is 1.48. The Hall–Kier alpha value is -0.700. The highest BCUT2D eigenvalue weighted by Crippen LogP contribution is 2.33. The minimum absolute atomic E-state index is 0.0491. The van der Waals surface area contributed by atoms with Gasteiger partial charge in [-0.15, -0.1) is 11.3 Å². The molecule has 2 saturated heterocycles. The molecular weight excluding hydrogens is 363 g/mol. The molecule has 9 heteroatoms. The molecule has 1 aromatic rings. The zero-order valence-corrected chi connectivity index (χ0v) is 14.8. The summed E-state index contributed by atoms with van der Waals surface area (Å²) < 4.78 is 40.8. The van der Waals surface area contributed by atoms with Crippen molar-refractivity contribution < 1.29 is 17.6 Å². The topological polar surface area (TPSA) is 57.7 Å². The first-order valence-electron chi connectivity index (χ1n) is 7.59. The number of hydrogen-bond donors (Lipinski definition) is 0. The van der Waals surface area contributed by atoms with Gasteiger partial charge in [-0.2, -0.15) is 4.31 Å². The molecule has 0 spiro atoms. The number of sulfonamides is 1. The van der Waals surface area contributed by atoms with Gasteiger partial charge in [-0.3, -0.25) is 4.79 Å². The van der Waals surface area contributed by atoms with Gasteiger partial charge in [-0.25, -0.2) is 12.8 Å². The predicted octanol–water partition coefficient (Wildman–Crippen LogP) is 2.52. The van der Waals surface area contributed by atoms with Crippen LogP contribution in [0.3, 0.4) is 0 Å². The number of rotatable bonds is 3. The van der Waals surface area contributed by atoms with Crippen LogP contribution in [0.1, 0.15) is 25.7 Å². The molecule has 0 aliphatic carbocycles. The number of alkyl halides is 1. The van der Waals surface area contributed by atoms with E-state index in [1.165, 1.54) is 12.1 Å². The van der Waals surface area contributed by atoms with Crippen LogP contribution in [0.5, 0.6) is 0 Å². The summed E-state index contributed by atoms with van der Waals surface area (Å²) in [5.74, 6) is -0.281. The highest BCUT2D eigenvalue weighted by atomic mass is 35.5. The number of thiophene rings is 1. The number of nitrogens with zero attached hydrogens (tertiary/aromatic N) is 2. The molecule has 2 aliphatic heterocycles. The molecule has 1 aromatic heterocycles. The number of halogens is 2. The second-order valence-electron chi connectivity index (χ2n) is 5.87. The highest BCUT2D eigenvalue weighted by Gasteiger charge is 2.46. The number of hydrogen-bond acceptors (Lipinski definition) is 4. The maximum Gasteiger partial charge on any atom is 0.253 e. The Balaban J connectivity index is 1.86. The van der Waals surface area contributed by atoms with Gasteiger partial charge in [-0.05, 0) is 31.4 Å². The Kier molecular flexibility index (Phi) is 4.96. The molecule has 2 aliphatic rings. The van der Waals surface area contributed by atoms with Crippen molar-refractivity contribution in [3.63, 3.8) is 0 Å². The van der Waals surface area contributed by atoms with Crippen LogP contribution >= 0.6 is 22.9 Å². The Morgan fingerprint density at radius 2 is 1.96 bits per heavy atom. The predicted molar refractivity (Wildman–Crippen MR) is 87.0 cm³/mol. The summed E-state index contributed by atoms with van der Waals surface area (Å²) in [5, 5.41) is 0. The third-order valence-electron chi connectivity index (χ3n) is 4.27. The summed E-state index contributed by atoms with van der Waals surface area (Å²) in [4.78, 5) is 14.3. The monoisotopic (exact) mass is 380 g/mol. The number of amides is 1. The van der Waals surface area contributed by atoms with Crippen molar-refractivity contribution in [2.45, 2.75) is 42.1 Å². The van der Waals surface area contributed by atoms with Gasteiger partial charge < -0.3 is 4.90 Å². The van der Waals surface area contributed by atoms with Gasteiger partial charge in [0.15, 0.2) is 0 Å². The second kappa shape index (κ2) is 6.66. The van der Waals surface area contributed by atoms with E-state index in [1.54, 1.807) is 4.90 Å². The molecule has 3 heterocycles. The van der Waals surface area contributed by atoms with Crippen molar-refractivity contribution in [3.05, 3.63) is 16.5 Å². The second-order valence-corrected chi connectivity index (χ2v) is 9.70. The molecule has 0 aromatic carbocycles.